The Hall–Kier alpha value is -0.120. The van der Waals surface area contributed by atoms with Crippen molar-refractivity contribution in [1.29, 1.82) is 0 Å². The maximum atomic E-state index is 9.89. The lowest BCUT2D eigenvalue weighted by Gasteiger charge is -2.44. The third-order valence-corrected chi connectivity index (χ3v) is 5.70. The van der Waals surface area contributed by atoms with E-state index in [1.165, 1.54) is 19.3 Å². The SMILES string of the molecule is CC12CCC(C1)C(C)(C)C2NC1COCC1O. The van der Waals surface area contributed by atoms with Gasteiger partial charge < -0.3 is 15.2 Å². The Morgan fingerprint density at radius 2 is 2.00 bits per heavy atom. The van der Waals surface area contributed by atoms with Crippen LogP contribution in [0.3, 0.4) is 0 Å². The van der Waals surface area contributed by atoms with Crippen LogP contribution in [-0.2, 0) is 4.74 Å². The van der Waals surface area contributed by atoms with Crippen LogP contribution < -0.4 is 5.32 Å². The number of ether oxygens (including phenoxy) is 1. The van der Waals surface area contributed by atoms with Gasteiger partial charge in [-0.25, -0.2) is 0 Å². The van der Waals surface area contributed by atoms with Gasteiger partial charge in [0.2, 0.25) is 0 Å². The molecular weight excluding hydrogens is 214 g/mol. The van der Waals surface area contributed by atoms with Gasteiger partial charge in [0.15, 0.2) is 0 Å². The molecule has 3 fully saturated rings. The first-order valence-electron chi connectivity index (χ1n) is 6.95. The van der Waals surface area contributed by atoms with Crippen molar-refractivity contribution in [3.8, 4) is 0 Å². The highest BCUT2D eigenvalue weighted by Crippen LogP contribution is 2.62. The Kier molecular flexibility index (Phi) is 2.59. The quantitative estimate of drug-likeness (QED) is 0.768. The molecule has 0 aromatic carbocycles. The Bertz CT molecular complexity index is 313. The van der Waals surface area contributed by atoms with Crippen molar-refractivity contribution < 1.29 is 9.84 Å². The van der Waals surface area contributed by atoms with Crippen LogP contribution in [0.2, 0.25) is 0 Å². The van der Waals surface area contributed by atoms with Gasteiger partial charge in [0.1, 0.15) is 0 Å². The molecule has 2 N–H and O–H groups in total. The molecule has 5 atom stereocenters. The zero-order valence-corrected chi connectivity index (χ0v) is 11.2. The van der Waals surface area contributed by atoms with Crippen molar-refractivity contribution >= 4 is 0 Å². The number of nitrogens with one attached hydrogen (secondary N) is 1. The molecule has 3 heteroatoms. The highest BCUT2D eigenvalue weighted by atomic mass is 16.5. The van der Waals surface area contributed by atoms with Crippen LogP contribution in [0.15, 0.2) is 0 Å². The molecule has 1 aliphatic heterocycles. The maximum absolute atomic E-state index is 9.89. The minimum absolute atomic E-state index is 0.135. The molecule has 0 aromatic rings. The fraction of sp³-hybridized carbons (Fsp3) is 1.00. The van der Waals surface area contributed by atoms with Crippen molar-refractivity contribution in [3.63, 3.8) is 0 Å². The molecule has 3 aliphatic rings. The molecule has 98 valence electrons. The molecule has 2 bridgehead atoms. The van der Waals surface area contributed by atoms with Crippen LogP contribution in [-0.4, -0.2) is 36.5 Å². The van der Waals surface area contributed by atoms with E-state index >= 15 is 0 Å². The molecule has 2 saturated carbocycles. The summed E-state index contributed by atoms with van der Waals surface area (Å²) in [6, 6.07) is 0.658. The van der Waals surface area contributed by atoms with Gasteiger partial charge in [-0.2, -0.15) is 0 Å². The lowest BCUT2D eigenvalue weighted by atomic mass is 9.68. The average molecular weight is 239 g/mol. The monoisotopic (exact) mass is 239 g/mol. The second-order valence-electron chi connectivity index (χ2n) is 7.23. The molecule has 5 unspecified atom stereocenters. The smallest absolute Gasteiger partial charge is 0.0948 e. The predicted octanol–water partition coefficient (Wildman–Crippen LogP) is 1.55. The van der Waals surface area contributed by atoms with Crippen LogP contribution >= 0.6 is 0 Å². The molecule has 0 amide bonds. The van der Waals surface area contributed by atoms with Gasteiger partial charge in [-0.05, 0) is 36.0 Å². The highest BCUT2D eigenvalue weighted by molar-refractivity contribution is 5.13. The van der Waals surface area contributed by atoms with E-state index in [-0.39, 0.29) is 12.1 Å². The molecule has 3 rings (SSSR count). The Labute approximate surface area is 104 Å². The lowest BCUT2D eigenvalue weighted by molar-refractivity contribution is 0.0750. The fourth-order valence-corrected chi connectivity index (χ4v) is 4.63. The van der Waals surface area contributed by atoms with Gasteiger partial charge in [-0.3, -0.25) is 0 Å². The predicted molar refractivity (Wildman–Crippen MR) is 66.8 cm³/mol. The number of fused-ring (bicyclic) bond motifs is 2. The van der Waals surface area contributed by atoms with Crippen LogP contribution in [0, 0.1) is 16.7 Å². The first-order valence-corrected chi connectivity index (χ1v) is 6.95. The largest absolute Gasteiger partial charge is 0.389 e. The number of hydrogen-bond acceptors (Lipinski definition) is 3. The molecular formula is C14H25NO2. The van der Waals surface area contributed by atoms with Gasteiger partial charge in [0.05, 0.1) is 25.4 Å². The van der Waals surface area contributed by atoms with E-state index in [9.17, 15) is 5.11 Å². The van der Waals surface area contributed by atoms with E-state index in [2.05, 4.69) is 26.1 Å². The van der Waals surface area contributed by atoms with Crippen LogP contribution in [0.4, 0.5) is 0 Å². The molecule has 17 heavy (non-hydrogen) atoms. The fourth-order valence-electron chi connectivity index (χ4n) is 4.63. The first kappa shape index (κ1) is 11.9. The van der Waals surface area contributed by atoms with Crippen molar-refractivity contribution in [2.45, 2.75) is 58.2 Å². The molecule has 0 spiro atoms. The van der Waals surface area contributed by atoms with E-state index < -0.39 is 0 Å². The molecule has 0 radical (unpaired) electrons. The zero-order valence-electron chi connectivity index (χ0n) is 11.2. The molecule has 3 nitrogen and oxygen atoms in total. The van der Waals surface area contributed by atoms with Crippen molar-refractivity contribution in [1.82, 2.24) is 5.32 Å². The summed E-state index contributed by atoms with van der Waals surface area (Å²) in [6.07, 6.45) is 3.74. The summed E-state index contributed by atoms with van der Waals surface area (Å²) < 4.78 is 5.35. The Balaban J connectivity index is 1.77. The third kappa shape index (κ3) is 1.66. The minimum Gasteiger partial charge on any atom is -0.389 e. The third-order valence-electron chi connectivity index (χ3n) is 5.70. The van der Waals surface area contributed by atoms with Crippen molar-refractivity contribution in [3.05, 3.63) is 0 Å². The number of aliphatic hydroxyl groups is 1. The highest BCUT2D eigenvalue weighted by Gasteiger charge is 2.59. The van der Waals surface area contributed by atoms with Crippen LogP contribution in [0.1, 0.15) is 40.0 Å². The number of rotatable bonds is 2. The van der Waals surface area contributed by atoms with Gasteiger partial charge in [0, 0.05) is 6.04 Å². The van der Waals surface area contributed by atoms with E-state index in [0.29, 0.717) is 30.1 Å². The minimum atomic E-state index is -0.325. The molecule has 1 saturated heterocycles. The number of hydrogen-bond donors (Lipinski definition) is 2. The molecule has 2 aliphatic carbocycles. The van der Waals surface area contributed by atoms with Gasteiger partial charge in [-0.1, -0.05) is 20.8 Å². The van der Waals surface area contributed by atoms with Crippen LogP contribution in [0.25, 0.3) is 0 Å². The second kappa shape index (κ2) is 3.69. The Morgan fingerprint density at radius 1 is 1.24 bits per heavy atom. The summed E-state index contributed by atoms with van der Waals surface area (Å²) in [4.78, 5) is 0. The summed E-state index contributed by atoms with van der Waals surface area (Å²) in [5.41, 5.74) is 0.784. The van der Waals surface area contributed by atoms with E-state index in [0.717, 1.165) is 5.92 Å². The second-order valence-corrected chi connectivity index (χ2v) is 7.23. The molecule has 0 aromatic heterocycles. The van der Waals surface area contributed by atoms with E-state index in [1.54, 1.807) is 0 Å². The van der Waals surface area contributed by atoms with E-state index in [4.69, 9.17) is 4.74 Å². The van der Waals surface area contributed by atoms with Gasteiger partial charge >= 0.3 is 0 Å². The van der Waals surface area contributed by atoms with Crippen molar-refractivity contribution in [2.24, 2.45) is 16.7 Å². The number of aliphatic hydroxyl groups excluding tert-OH is 1. The topological polar surface area (TPSA) is 41.5 Å². The zero-order chi connectivity index (χ0) is 12.3. The normalized spacial score (nSPS) is 52.2. The molecule has 1 heterocycles. The van der Waals surface area contributed by atoms with Gasteiger partial charge in [-0.15, -0.1) is 0 Å². The van der Waals surface area contributed by atoms with Crippen molar-refractivity contribution in [2.75, 3.05) is 13.2 Å². The average Bonchev–Trinajstić information content (AvgIpc) is 2.85. The maximum Gasteiger partial charge on any atom is 0.0948 e. The standard InChI is InChI=1S/C14H25NO2/c1-13(2)9-4-5-14(3,6-9)12(13)15-10-7-17-8-11(10)16/h9-12,15-16H,4-8H2,1-3H3. The summed E-state index contributed by atoms with van der Waals surface area (Å²) in [5.74, 6) is 0.851. The summed E-state index contributed by atoms with van der Waals surface area (Å²) in [7, 11) is 0. The Morgan fingerprint density at radius 3 is 2.53 bits per heavy atom. The van der Waals surface area contributed by atoms with Gasteiger partial charge in [0.25, 0.3) is 0 Å². The summed E-state index contributed by atoms with van der Waals surface area (Å²) in [6.45, 7) is 8.35. The van der Waals surface area contributed by atoms with E-state index in [1.807, 2.05) is 0 Å². The van der Waals surface area contributed by atoms with Crippen LogP contribution in [0.5, 0.6) is 0 Å². The summed E-state index contributed by atoms with van der Waals surface area (Å²) in [5, 5.41) is 13.6. The lowest BCUT2D eigenvalue weighted by Crippen LogP contribution is -2.56. The summed E-state index contributed by atoms with van der Waals surface area (Å²) >= 11 is 0. The first-order chi connectivity index (χ1) is 7.93.